The molecule has 1 aromatic rings. The normalized spacial score (nSPS) is 17.1. The molecule has 0 unspecified atom stereocenters. The number of amides is 1. The van der Waals surface area contributed by atoms with Gasteiger partial charge in [-0.25, -0.2) is 0 Å². The molecule has 1 aliphatic heterocycles. The van der Waals surface area contributed by atoms with E-state index in [0.29, 0.717) is 6.54 Å². The Bertz CT molecular complexity index is 470. The first kappa shape index (κ1) is 15.3. The third kappa shape index (κ3) is 3.72. The Hall–Kier alpha value is -1.10. The van der Waals surface area contributed by atoms with Crippen molar-refractivity contribution < 1.29 is 4.79 Å². The van der Waals surface area contributed by atoms with Crippen LogP contribution in [0.15, 0.2) is 18.2 Å². The van der Waals surface area contributed by atoms with Crippen molar-refractivity contribution >= 4 is 17.5 Å². The van der Waals surface area contributed by atoms with Crippen LogP contribution in [-0.2, 0) is 17.9 Å². The summed E-state index contributed by atoms with van der Waals surface area (Å²) in [5.41, 5.74) is 7.78. The van der Waals surface area contributed by atoms with Gasteiger partial charge in [0.15, 0.2) is 0 Å². The molecular weight excluding hydrogens is 274 g/mol. The van der Waals surface area contributed by atoms with E-state index in [2.05, 4.69) is 16.3 Å². The van der Waals surface area contributed by atoms with E-state index >= 15 is 0 Å². The zero-order chi connectivity index (χ0) is 14.5. The van der Waals surface area contributed by atoms with Gasteiger partial charge in [0.2, 0.25) is 5.91 Å². The summed E-state index contributed by atoms with van der Waals surface area (Å²) in [6.45, 7) is 3.22. The summed E-state index contributed by atoms with van der Waals surface area (Å²) in [7, 11) is 1.70. The standard InChI is InChI=1S/C15H22ClN3O/c1-18-15(20)12-4-6-19(7-5-12)10-13-3-2-11(9-17)8-14(13)16/h2-3,8,12H,4-7,9-10,17H2,1H3,(H,18,20). The molecule has 5 heteroatoms. The van der Waals surface area contributed by atoms with Gasteiger partial charge in [0, 0.05) is 31.1 Å². The second kappa shape index (κ2) is 7.07. The fourth-order valence-corrected chi connectivity index (χ4v) is 2.91. The molecule has 0 aromatic heterocycles. The molecule has 1 aliphatic rings. The van der Waals surface area contributed by atoms with Crippen LogP contribution in [0.4, 0.5) is 0 Å². The number of benzene rings is 1. The van der Waals surface area contributed by atoms with Crippen LogP contribution in [-0.4, -0.2) is 30.9 Å². The second-order valence-electron chi connectivity index (χ2n) is 5.29. The van der Waals surface area contributed by atoms with E-state index in [-0.39, 0.29) is 11.8 Å². The highest BCUT2D eigenvalue weighted by molar-refractivity contribution is 6.31. The summed E-state index contributed by atoms with van der Waals surface area (Å²) in [4.78, 5) is 13.9. The molecule has 1 aromatic carbocycles. The Labute approximate surface area is 125 Å². The fourth-order valence-electron chi connectivity index (χ4n) is 2.64. The van der Waals surface area contributed by atoms with Crippen molar-refractivity contribution in [3.63, 3.8) is 0 Å². The number of carbonyl (C=O) groups is 1. The molecule has 0 atom stereocenters. The SMILES string of the molecule is CNC(=O)C1CCN(Cc2ccc(CN)cc2Cl)CC1. The van der Waals surface area contributed by atoms with Crippen LogP contribution in [0.25, 0.3) is 0 Å². The van der Waals surface area contributed by atoms with Crippen molar-refractivity contribution in [2.75, 3.05) is 20.1 Å². The van der Waals surface area contributed by atoms with E-state index in [1.807, 2.05) is 12.1 Å². The Morgan fingerprint density at radius 2 is 2.15 bits per heavy atom. The Kier molecular flexibility index (Phi) is 5.40. The molecule has 0 spiro atoms. The molecule has 1 heterocycles. The summed E-state index contributed by atoms with van der Waals surface area (Å²) in [5.74, 6) is 0.321. The molecule has 20 heavy (non-hydrogen) atoms. The van der Waals surface area contributed by atoms with E-state index < -0.39 is 0 Å². The maximum atomic E-state index is 11.6. The van der Waals surface area contributed by atoms with Crippen molar-refractivity contribution in [2.45, 2.75) is 25.9 Å². The van der Waals surface area contributed by atoms with E-state index in [1.54, 1.807) is 7.05 Å². The minimum absolute atomic E-state index is 0.159. The van der Waals surface area contributed by atoms with E-state index in [9.17, 15) is 4.79 Å². The van der Waals surface area contributed by atoms with Gasteiger partial charge in [0.05, 0.1) is 0 Å². The molecule has 0 aliphatic carbocycles. The number of hydrogen-bond donors (Lipinski definition) is 2. The minimum Gasteiger partial charge on any atom is -0.359 e. The number of nitrogens with two attached hydrogens (primary N) is 1. The highest BCUT2D eigenvalue weighted by atomic mass is 35.5. The first-order valence-electron chi connectivity index (χ1n) is 7.05. The molecule has 4 nitrogen and oxygen atoms in total. The van der Waals surface area contributed by atoms with Gasteiger partial charge in [-0.15, -0.1) is 0 Å². The summed E-state index contributed by atoms with van der Waals surface area (Å²) < 4.78 is 0. The van der Waals surface area contributed by atoms with Crippen molar-refractivity contribution in [3.8, 4) is 0 Å². The average Bonchev–Trinajstić information content (AvgIpc) is 2.49. The van der Waals surface area contributed by atoms with Crippen molar-refractivity contribution in [1.82, 2.24) is 10.2 Å². The van der Waals surface area contributed by atoms with Gasteiger partial charge < -0.3 is 11.1 Å². The van der Waals surface area contributed by atoms with Crippen LogP contribution in [0.2, 0.25) is 5.02 Å². The van der Waals surface area contributed by atoms with Crippen LogP contribution in [0, 0.1) is 5.92 Å². The van der Waals surface area contributed by atoms with Crippen LogP contribution >= 0.6 is 11.6 Å². The molecule has 2 rings (SSSR count). The van der Waals surface area contributed by atoms with E-state index in [0.717, 1.165) is 48.6 Å². The zero-order valence-electron chi connectivity index (χ0n) is 11.9. The highest BCUT2D eigenvalue weighted by Gasteiger charge is 2.24. The number of carbonyl (C=O) groups excluding carboxylic acids is 1. The quantitative estimate of drug-likeness (QED) is 0.890. The van der Waals surface area contributed by atoms with Gasteiger partial charge in [-0.3, -0.25) is 9.69 Å². The van der Waals surface area contributed by atoms with Crippen molar-refractivity contribution in [2.24, 2.45) is 11.7 Å². The number of hydrogen-bond acceptors (Lipinski definition) is 3. The first-order chi connectivity index (χ1) is 9.63. The van der Waals surface area contributed by atoms with Crippen LogP contribution < -0.4 is 11.1 Å². The fraction of sp³-hybridized carbons (Fsp3) is 0.533. The second-order valence-corrected chi connectivity index (χ2v) is 5.70. The van der Waals surface area contributed by atoms with Crippen LogP contribution in [0.5, 0.6) is 0 Å². The highest BCUT2D eigenvalue weighted by Crippen LogP contribution is 2.23. The monoisotopic (exact) mass is 295 g/mol. The smallest absolute Gasteiger partial charge is 0.222 e. The molecule has 1 amide bonds. The molecular formula is C15H22ClN3O. The summed E-state index contributed by atoms with van der Waals surface area (Å²) in [6.07, 6.45) is 1.83. The predicted octanol–water partition coefficient (Wildman–Crippen LogP) is 1.76. The number of piperidine rings is 1. The summed E-state index contributed by atoms with van der Waals surface area (Å²) in [5, 5.41) is 3.51. The lowest BCUT2D eigenvalue weighted by atomic mass is 9.95. The van der Waals surface area contributed by atoms with Gasteiger partial charge in [-0.05, 0) is 43.1 Å². The summed E-state index contributed by atoms with van der Waals surface area (Å²) >= 11 is 6.28. The van der Waals surface area contributed by atoms with Crippen molar-refractivity contribution in [3.05, 3.63) is 34.3 Å². The Morgan fingerprint density at radius 3 is 2.70 bits per heavy atom. The maximum Gasteiger partial charge on any atom is 0.222 e. The van der Waals surface area contributed by atoms with Gasteiger partial charge in [-0.2, -0.15) is 0 Å². The topological polar surface area (TPSA) is 58.4 Å². The number of likely N-dealkylation sites (tertiary alicyclic amines) is 1. The average molecular weight is 296 g/mol. The molecule has 0 bridgehead atoms. The van der Waals surface area contributed by atoms with Gasteiger partial charge in [0.25, 0.3) is 0 Å². The molecule has 1 saturated heterocycles. The number of nitrogens with zero attached hydrogens (tertiary/aromatic N) is 1. The maximum absolute atomic E-state index is 11.6. The molecule has 3 N–H and O–H groups in total. The van der Waals surface area contributed by atoms with Crippen molar-refractivity contribution in [1.29, 1.82) is 0 Å². The lowest BCUT2D eigenvalue weighted by molar-refractivity contribution is -0.125. The third-order valence-electron chi connectivity index (χ3n) is 3.95. The van der Waals surface area contributed by atoms with Gasteiger partial charge in [0.1, 0.15) is 0 Å². The van der Waals surface area contributed by atoms with Gasteiger partial charge in [-0.1, -0.05) is 23.7 Å². The molecule has 0 saturated carbocycles. The predicted molar refractivity (Wildman–Crippen MR) is 81.4 cm³/mol. The largest absolute Gasteiger partial charge is 0.359 e. The lowest BCUT2D eigenvalue weighted by Gasteiger charge is -2.31. The lowest BCUT2D eigenvalue weighted by Crippen LogP contribution is -2.39. The van der Waals surface area contributed by atoms with Gasteiger partial charge >= 0.3 is 0 Å². The third-order valence-corrected chi connectivity index (χ3v) is 4.30. The molecule has 0 radical (unpaired) electrons. The number of nitrogens with one attached hydrogen (secondary N) is 1. The number of rotatable bonds is 4. The first-order valence-corrected chi connectivity index (χ1v) is 7.43. The Balaban J connectivity index is 1.91. The van der Waals surface area contributed by atoms with Crippen LogP contribution in [0.3, 0.4) is 0 Å². The molecule has 110 valence electrons. The summed E-state index contributed by atoms with van der Waals surface area (Å²) in [6, 6.07) is 6.02. The Morgan fingerprint density at radius 1 is 1.45 bits per heavy atom. The van der Waals surface area contributed by atoms with E-state index in [1.165, 1.54) is 0 Å². The minimum atomic E-state index is 0.159. The number of halogens is 1. The van der Waals surface area contributed by atoms with E-state index in [4.69, 9.17) is 17.3 Å². The molecule has 1 fully saturated rings. The van der Waals surface area contributed by atoms with Crippen LogP contribution in [0.1, 0.15) is 24.0 Å². The zero-order valence-corrected chi connectivity index (χ0v) is 12.6.